The Hall–Kier alpha value is -2.90. The molecule has 1 aromatic rings. The number of hydrogen-bond donors (Lipinski definition) is 1. The summed E-state index contributed by atoms with van der Waals surface area (Å²) in [6.45, 7) is 3.87. The van der Waals surface area contributed by atoms with Gasteiger partial charge in [0, 0.05) is 25.9 Å². The first-order chi connectivity index (χ1) is 14.8. The smallest absolute Gasteiger partial charge is 0.354 e. The molecule has 166 valence electrons. The fraction of sp³-hybridized carbons (Fsp3) is 0.565. The van der Waals surface area contributed by atoms with Crippen LogP contribution in [0.4, 0.5) is 5.69 Å². The molecule has 4 rings (SSSR count). The summed E-state index contributed by atoms with van der Waals surface area (Å²) in [5.74, 6) is -0.846. The lowest BCUT2D eigenvalue weighted by Crippen LogP contribution is -2.67. The Bertz CT molecular complexity index is 932. The maximum absolute atomic E-state index is 13.2. The van der Waals surface area contributed by atoms with E-state index in [1.807, 2.05) is 0 Å². The molecule has 1 saturated carbocycles. The van der Waals surface area contributed by atoms with Gasteiger partial charge in [-0.2, -0.15) is 0 Å². The molecule has 0 bridgehead atoms. The lowest BCUT2D eigenvalue weighted by atomic mass is 9.78. The van der Waals surface area contributed by atoms with Gasteiger partial charge in [-0.15, -0.1) is 0 Å². The van der Waals surface area contributed by atoms with Crippen LogP contribution in [0.3, 0.4) is 0 Å². The molecule has 1 saturated heterocycles. The molecule has 1 aliphatic carbocycles. The van der Waals surface area contributed by atoms with Gasteiger partial charge in [-0.1, -0.05) is 38.8 Å². The first kappa shape index (κ1) is 21.3. The summed E-state index contributed by atoms with van der Waals surface area (Å²) in [6.07, 6.45) is 3.36. The number of para-hydroxylation sites is 1. The third kappa shape index (κ3) is 3.38. The van der Waals surface area contributed by atoms with Crippen LogP contribution in [-0.2, 0) is 19.1 Å². The molecule has 8 heteroatoms. The van der Waals surface area contributed by atoms with E-state index in [4.69, 9.17) is 4.74 Å². The zero-order valence-electron chi connectivity index (χ0n) is 18.2. The summed E-state index contributed by atoms with van der Waals surface area (Å²) in [4.78, 5) is 54.0. The van der Waals surface area contributed by atoms with Crippen molar-refractivity contribution in [3.05, 3.63) is 29.8 Å². The van der Waals surface area contributed by atoms with Crippen LogP contribution in [0.5, 0.6) is 0 Å². The number of rotatable bonds is 4. The van der Waals surface area contributed by atoms with Gasteiger partial charge in [0.1, 0.15) is 0 Å². The predicted molar refractivity (Wildman–Crippen MR) is 113 cm³/mol. The first-order valence-electron chi connectivity index (χ1n) is 10.9. The van der Waals surface area contributed by atoms with Crippen LogP contribution in [0.15, 0.2) is 24.3 Å². The summed E-state index contributed by atoms with van der Waals surface area (Å²) in [5, 5.41) is 2.98. The fourth-order valence-electron chi connectivity index (χ4n) is 5.17. The fourth-order valence-corrected chi connectivity index (χ4v) is 5.17. The molecule has 1 aromatic carbocycles. The molecule has 8 nitrogen and oxygen atoms in total. The van der Waals surface area contributed by atoms with Crippen molar-refractivity contribution in [3.8, 4) is 0 Å². The number of hydrogen-bond acceptors (Lipinski definition) is 5. The van der Waals surface area contributed by atoms with E-state index in [2.05, 4.69) is 19.2 Å². The standard InChI is InChI=1S/C23H29N3O5/c1-14-7-6-9-17(15(14)2)24-19(27)13-31-22(30)23-12-11-20(28)26(23)18-10-5-4-8-16(18)21(29)25(23)3/h4-5,8,10,14-15,17H,6-7,9,11-13H2,1-3H3,(H,24,27)/t14-,15-,17-,23-/m1/s1. The molecular formula is C23H29N3O5. The zero-order chi connectivity index (χ0) is 22.3. The van der Waals surface area contributed by atoms with Crippen LogP contribution in [-0.4, -0.2) is 54.0 Å². The topological polar surface area (TPSA) is 96.0 Å². The molecule has 1 N–H and O–H groups in total. The average molecular weight is 428 g/mol. The largest absolute Gasteiger partial charge is 0.452 e. The number of nitrogens with one attached hydrogen (secondary N) is 1. The molecule has 0 radical (unpaired) electrons. The van der Waals surface area contributed by atoms with Crippen LogP contribution < -0.4 is 10.2 Å². The lowest BCUT2D eigenvalue weighted by Gasteiger charge is -2.46. The molecule has 0 unspecified atom stereocenters. The SMILES string of the molecule is C[C@@H]1[C@H](C)CCC[C@H]1NC(=O)COC(=O)[C@@]12CCC(=O)N1c1ccccc1C(=O)N2C. The van der Waals surface area contributed by atoms with E-state index in [0.29, 0.717) is 23.1 Å². The van der Waals surface area contributed by atoms with Gasteiger partial charge >= 0.3 is 5.97 Å². The van der Waals surface area contributed by atoms with Gasteiger partial charge in [0.15, 0.2) is 6.61 Å². The Kier molecular flexibility index (Phi) is 5.49. The van der Waals surface area contributed by atoms with E-state index in [1.54, 1.807) is 24.3 Å². The van der Waals surface area contributed by atoms with E-state index < -0.39 is 18.2 Å². The molecule has 0 spiro atoms. The van der Waals surface area contributed by atoms with E-state index in [0.717, 1.165) is 19.3 Å². The predicted octanol–water partition coefficient (Wildman–Crippen LogP) is 2.08. The average Bonchev–Trinajstić information content (AvgIpc) is 3.12. The van der Waals surface area contributed by atoms with Crippen LogP contribution in [0.25, 0.3) is 0 Å². The van der Waals surface area contributed by atoms with Crippen LogP contribution in [0.1, 0.15) is 56.3 Å². The van der Waals surface area contributed by atoms with Gasteiger partial charge in [-0.3, -0.25) is 19.3 Å². The Morgan fingerprint density at radius 2 is 1.94 bits per heavy atom. The van der Waals surface area contributed by atoms with Crippen molar-refractivity contribution >= 4 is 29.4 Å². The summed E-state index contributed by atoms with van der Waals surface area (Å²) in [7, 11) is 1.50. The second kappa shape index (κ2) is 7.98. The summed E-state index contributed by atoms with van der Waals surface area (Å²) in [5.41, 5.74) is -0.795. The van der Waals surface area contributed by atoms with Gasteiger partial charge in [-0.05, 0) is 30.4 Å². The van der Waals surface area contributed by atoms with E-state index in [-0.39, 0.29) is 36.6 Å². The number of benzene rings is 1. The van der Waals surface area contributed by atoms with Gasteiger partial charge in [0.25, 0.3) is 11.8 Å². The van der Waals surface area contributed by atoms with Crippen LogP contribution >= 0.6 is 0 Å². The number of esters is 1. The number of carbonyl (C=O) groups excluding carboxylic acids is 4. The quantitative estimate of drug-likeness (QED) is 0.743. The molecular weight excluding hydrogens is 398 g/mol. The first-order valence-corrected chi connectivity index (χ1v) is 10.9. The number of amides is 3. The Morgan fingerprint density at radius 3 is 2.71 bits per heavy atom. The molecule has 2 heterocycles. The highest BCUT2D eigenvalue weighted by atomic mass is 16.5. The number of ether oxygens (including phenoxy) is 1. The number of likely N-dealkylation sites (N-methyl/N-ethyl adjacent to an activating group) is 1. The van der Waals surface area contributed by atoms with Gasteiger partial charge in [0.2, 0.25) is 11.6 Å². The van der Waals surface area contributed by atoms with Crippen molar-refractivity contribution in [1.82, 2.24) is 10.2 Å². The van der Waals surface area contributed by atoms with Crippen molar-refractivity contribution in [2.45, 2.75) is 57.7 Å². The van der Waals surface area contributed by atoms with Crippen molar-refractivity contribution in [2.75, 3.05) is 18.6 Å². The van der Waals surface area contributed by atoms with Crippen LogP contribution in [0, 0.1) is 11.8 Å². The maximum Gasteiger partial charge on any atom is 0.354 e. The number of fused-ring (bicyclic) bond motifs is 3. The minimum atomic E-state index is -1.56. The van der Waals surface area contributed by atoms with Gasteiger partial charge < -0.3 is 15.0 Å². The maximum atomic E-state index is 13.2. The third-order valence-electron chi connectivity index (χ3n) is 7.26. The number of carbonyl (C=O) groups is 4. The molecule has 2 fully saturated rings. The second-order valence-electron chi connectivity index (χ2n) is 8.94. The van der Waals surface area contributed by atoms with Crippen LogP contribution in [0.2, 0.25) is 0 Å². The zero-order valence-corrected chi connectivity index (χ0v) is 18.2. The molecule has 2 aliphatic heterocycles. The van der Waals surface area contributed by atoms with Crippen molar-refractivity contribution in [2.24, 2.45) is 11.8 Å². The van der Waals surface area contributed by atoms with E-state index in [1.165, 1.54) is 16.8 Å². The van der Waals surface area contributed by atoms with Gasteiger partial charge in [0.05, 0.1) is 11.3 Å². The van der Waals surface area contributed by atoms with Gasteiger partial charge in [-0.25, -0.2) is 4.79 Å². The van der Waals surface area contributed by atoms with E-state index >= 15 is 0 Å². The number of anilines is 1. The lowest BCUT2D eigenvalue weighted by molar-refractivity contribution is -0.159. The Balaban J connectivity index is 1.50. The van der Waals surface area contributed by atoms with Crippen molar-refractivity contribution in [1.29, 1.82) is 0 Å². The van der Waals surface area contributed by atoms with E-state index in [9.17, 15) is 19.2 Å². The number of nitrogens with zero attached hydrogens (tertiary/aromatic N) is 2. The molecule has 0 aromatic heterocycles. The minimum absolute atomic E-state index is 0.0588. The monoisotopic (exact) mass is 427 g/mol. The summed E-state index contributed by atoms with van der Waals surface area (Å²) < 4.78 is 5.39. The Morgan fingerprint density at radius 1 is 1.19 bits per heavy atom. The normalized spacial score (nSPS) is 30.0. The summed E-state index contributed by atoms with van der Waals surface area (Å²) >= 11 is 0. The highest BCUT2D eigenvalue weighted by Gasteiger charge is 2.60. The molecule has 3 aliphatic rings. The summed E-state index contributed by atoms with van der Waals surface area (Å²) in [6, 6.07) is 6.79. The Labute approximate surface area is 181 Å². The highest BCUT2D eigenvalue weighted by molar-refractivity contribution is 6.15. The third-order valence-corrected chi connectivity index (χ3v) is 7.26. The molecule has 31 heavy (non-hydrogen) atoms. The van der Waals surface area contributed by atoms with Crippen molar-refractivity contribution < 1.29 is 23.9 Å². The highest BCUT2D eigenvalue weighted by Crippen LogP contribution is 2.44. The molecule has 3 amide bonds. The minimum Gasteiger partial charge on any atom is -0.452 e. The van der Waals surface area contributed by atoms with Crippen molar-refractivity contribution in [3.63, 3.8) is 0 Å². The second-order valence-corrected chi connectivity index (χ2v) is 8.94. The molecule has 4 atom stereocenters.